The highest BCUT2D eigenvalue weighted by molar-refractivity contribution is 5.65. The van der Waals surface area contributed by atoms with Crippen molar-refractivity contribution < 1.29 is 9.47 Å². The van der Waals surface area contributed by atoms with E-state index in [0.29, 0.717) is 25.0 Å². The van der Waals surface area contributed by atoms with Crippen molar-refractivity contribution in [3.05, 3.63) is 108 Å². The Morgan fingerprint density at radius 3 is 1.89 bits per heavy atom. The van der Waals surface area contributed by atoms with Crippen molar-refractivity contribution in [3.8, 4) is 23.0 Å². The normalized spacial score (nSPS) is 10.4. The molecule has 4 heteroatoms. The minimum Gasteiger partial charge on any atom is -0.473 e. The lowest BCUT2D eigenvalue weighted by atomic mass is 10.2. The van der Waals surface area contributed by atoms with Gasteiger partial charge in [-0.05, 0) is 29.3 Å². The van der Waals surface area contributed by atoms with Crippen LogP contribution in [0, 0.1) is 0 Å². The topological polar surface area (TPSA) is 44.2 Å². The van der Waals surface area contributed by atoms with Gasteiger partial charge in [0.05, 0.1) is 11.3 Å². The Bertz CT molecular complexity index is 1010. The Morgan fingerprint density at radius 2 is 1.25 bits per heavy atom. The van der Waals surface area contributed by atoms with Crippen molar-refractivity contribution in [2.24, 2.45) is 0 Å². The van der Waals surface area contributed by atoms with Crippen LogP contribution in [0.5, 0.6) is 11.8 Å². The average molecular weight is 368 g/mol. The molecule has 4 nitrogen and oxygen atoms in total. The molecule has 28 heavy (non-hydrogen) atoms. The van der Waals surface area contributed by atoms with Gasteiger partial charge in [-0.2, -0.15) is 4.98 Å². The maximum atomic E-state index is 6.04. The van der Waals surface area contributed by atoms with Gasteiger partial charge in [0.2, 0.25) is 11.8 Å². The molecule has 0 atom stereocenters. The zero-order valence-electron chi connectivity index (χ0n) is 15.4. The van der Waals surface area contributed by atoms with Crippen LogP contribution in [0.15, 0.2) is 97.2 Å². The van der Waals surface area contributed by atoms with Gasteiger partial charge in [0, 0.05) is 12.3 Å². The summed E-state index contributed by atoms with van der Waals surface area (Å²) in [5, 5.41) is 0. The Labute approximate surface area is 164 Å². The van der Waals surface area contributed by atoms with Gasteiger partial charge >= 0.3 is 0 Å². The second kappa shape index (κ2) is 8.82. The molecule has 2 aromatic carbocycles. The fourth-order valence-electron chi connectivity index (χ4n) is 2.79. The summed E-state index contributed by atoms with van der Waals surface area (Å²) in [6, 6.07) is 29.6. The molecule has 0 aliphatic carbocycles. The van der Waals surface area contributed by atoms with E-state index >= 15 is 0 Å². The van der Waals surface area contributed by atoms with Crippen molar-refractivity contribution in [2.75, 3.05) is 0 Å². The van der Waals surface area contributed by atoms with Gasteiger partial charge in [-0.3, -0.25) is 4.98 Å². The fourth-order valence-corrected chi connectivity index (χ4v) is 2.79. The van der Waals surface area contributed by atoms with Crippen molar-refractivity contribution in [1.82, 2.24) is 9.97 Å². The van der Waals surface area contributed by atoms with Gasteiger partial charge in [0.1, 0.15) is 13.2 Å². The van der Waals surface area contributed by atoms with E-state index < -0.39 is 0 Å². The Morgan fingerprint density at radius 1 is 0.607 bits per heavy atom. The maximum Gasteiger partial charge on any atom is 0.226 e. The number of rotatable bonds is 7. The SMILES string of the molecule is c1ccc(COc2ccc(-c3ccccn3)c(OCc3ccccc3)n2)cc1. The van der Waals surface area contributed by atoms with E-state index in [1.165, 1.54) is 0 Å². The van der Waals surface area contributed by atoms with E-state index in [-0.39, 0.29) is 0 Å². The maximum absolute atomic E-state index is 6.04. The highest BCUT2D eigenvalue weighted by atomic mass is 16.5. The number of ether oxygens (including phenoxy) is 2. The molecule has 0 bridgehead atoms. The highest BCUT2D eigenvalue weighted by Crippen LogP contribution is 2.30. The number of hydrogen-bond acceptors (Lipinski definition) is 4. The predicted molar refractivity (Wildman–Crippen MR) is 109 cm³/mol. The summed E-state index contributed by atoms with van der Waals surface area (Å²) in [4.78, 5) is 9.02. The minimum atomic E-state index is 0.426. The van der Waals surface area contributed by atoms with Gasteiger partial charge in [0.15, 0.2) is 0 Å². The summed E-state index contributed by atoms with van der Waals surface area (Å²) >= 11 is 0. The molecule has 2 heterocycles. The molecular formula is C24H20N2O2. The second-order valence-electron chi connectivity index (χ2n) is 6.27. The molecular weight excluding hydrogens is 348 g/mol. The first-order chi connectivity index (χ1) is 13.9. The Hall–Kier alpha value is -3.66. The van der Waals surface area contributed by atoms with Crippen LogP contribution in [0.1, 0.15) is 11.1 Å². The molecule has 0 spiro atoms. The lowest BCUT2D eigenvalue weighted by molar-refractivity contribution is 0.268. The van der Waals surface area contributed by atoms with Crippen LogP contribution in [0.3, 0.4) is 0 Å². The number of aromatic nitrogens is 2. The molecule has 0 N–H and O–H groups in total. The standard InChI is InChI=1S/C24H20N2O2/c1-3-9-19(10-4-1)17-27-23-15-14-21(22-13-7-8-16-25-22)24(26-23)28-18-20-11-5-2-6-12-20/h1-16H,17-18H2. The fraction of sp³-hybridized carbons (Fsp3) is 0.0833. The number of pyridine rings is 2. The third kappa shape index (κ3) is 4.54. The van der Waals surface area contributed by atoms with Crippen LogP contribution < -0.4 is 9.47 Å². The molecule has 4 rings (SSSR count). The van der Waals surface area contributed by atoms with Crippen LogP contribution in [0.25, 0.3) is 11.3 Å². The third-order valence-corrected chi connectivity index (χ3v) is 4.22. The minimum absolute atomic E-state index is 0.426. The zero-order chi connectivity index (χ0) is 19.0. The number of hydrogen-bond donors (Lipinski definition) is 0. The smallest absolute Gasteiger partial charge is 0.226 e. The molecule has 0 unspecified atom stereocenters. The van der Waals surface area contributed by atoms with Gasteiger partial charge in [-0.25, -0.2) is 0 Å². The van der Waals surface area contributed by atoms with Gasteiger partial charge in [0.25, 0.3) is 0 Å². The summed E-state index contributed by atoms with van der Waals surface area (Å²) in [5.74, 6) is 1.03. The van der Waals surface area contributed by atoms with Gasteiger partial charge in [-0.15, -0.1) is 0 Å². The van der Waals surface area contributed by atoms with Crippen LogP contribution in [0.4, 0.5) is 0 Å². The van der Waals surface area contributed by atoms with Crippen molar-refractivity contribution in [1.29, 1.82) is 0 Å². The van der Waals surface area contributed by atoms with Gasteiger partial charge < -0.3 is 9.47 Å². The summed E-state index contributed by atoms with van der Waals surface area (Å²) in [6.45, 7) is 0.880. The molecule has 2 aromatic heterocycles. The predicted octanol–water partition coefficient (Wildman–Crippen LogP) is 5.30. The zero-order valence-corrected chi connectivity index (χ0v) is 15.4. The van der Waals surface area contributed by atoms with E-state index in [9.17, 15) is 0 Å². The monoisotopic (exact) mass is 368 g/mol. The van der Waals surface area contributed by atoms with Gasteiger partial charge in [-0.1, -0.05) is 66.7 Å². The molecule has 4 aromatic rings. The van der Waals surface area contributed by atoms with Crippen LogP contribution in [-0.2, 0) is 13.2 Å². The van der Waals surface area contributed by atoms with E-state index in [1.807, 2.05) is 91.0 Å². The largest absolute Gasteiger partial charge is 0.473 e. The van der Waals surface area contributed by atoms with E-state index in [2.05, 4.69) is 9.97 Å². The second-order valence-corrected chi connectivity index (χ2v) is 6.27. The molecule has 0 saturated carbocycles. The average Bonchev–Trinajstić information content (AvgIpc) is 2.78. The van der Waals surface area contributed by atoms with Crippen molar-refractivity contribution in [3.63, 3.8) is 0 Å². The summed E-state index contributed by atoms with van der Waals surface area (Å²) in [5.41, 5.74) is 3.81. The van der Waals surface area contributed by atoms with E-state index in [0.717, 1.165) is 22.4 Å². The summed E-state index contributed by atoms with van der Waals surface area (Å²) in [7, 11) is 0. The summed E-state index contributed by atoms with van der Waals surface area (Å²) < 4.78 is 11.9. The van der Waals surface area contributed by atoms with E-state index in [1.54, 1.807) is 6.20 Å². The van der Waals surface area contributed by atoms with Crippen LogP contribution >= 0.6 is 0 Å². The number of benzene rings is 2. The highest BCUT2D eigenvalue weighted by Gasteiger charge is 2.12. The molecule has 0 aliphatic heterocycles. The first kappa shape index (κ1) is 17.7. The lowest BCUT2D eigenvalue weighted by Gasteiger charge is -2.13. The molecule has 138 valence electrons. The number of nitrogens with zero attached hydrogens (tertiary/aromatic N) is 2. The van der Waals surface area contributed by atoms with Crippen LogP contribution in [0.2, 0.25) is 0 Å². The van der Waals surface area contributed by atoms with Crippen LogP contribution in [-0.4, -0.2) is 9.97 Å². The van der Waals surface area contributed by atoms with Crippen molar-refractivity contribution in [2.45, 2.75) is 13.2 Å². The first-order valence-electron chi connectivity index (χ1n) is 9.14. The summed E-state index contributed by atoms with van der Waals surface area (Å²) in [6.07, 6.45) is 1.76. The quantitative estimate of drug-likeness (QED) is 0.444. The lowest BCUT2D eigenvalue weighted by Crippen LogP contribution is -2.02. The van der Waals surface area contributed by atoms with Crippen molar-refractivity contribution >= 4 is 0 Å². The van der Waals surface area contributed by atoms with E-state index in [4.69, 9.17) is 9.47 Å². The Balaban J connectivity index is 1.57. The Kier molecular flexibility index (Phi) is 5.59. The molecule has 0 aliphatic rings. The molecule has 0 saturated heterocycles. The molecule has 0 fully saturated rings. The molecule has 0 radical (unpaired) electrons. The molecule has 0 amide bonds. The first-order valence-corrected chi connectivity index (χ1v) is 9.14. The third-order valence-electron chi connectivity index (χ3n) is 4.22.